The number of likely N-dealkylation sites (tertiary alicyclic amines) is 1. The fraction of sp³-hybridized carbons (Fsp3) is 0.565. The van der Waals surface area contributed by atoms with Crippen LogP contribution in [-0.4, -0.2) is 49.5 Å². The number of hydrogen-bond donors (Lipinski definition) is 0. The maximum Gasteiger partial charge on any atom is 0.344 e. The average Bonchev–Trinajstić information content (AvgIpc) is 3.05. The average molecular weight is 452 g/mol. The number of rotatable bonds is 5. The molecule has 162 valence electrons. The van der Waals surface area contributed by atoms with Gasteiger partial charge in [-0.15, -0.1) is 0 Å². The zero-order valence-corrected chi connectivity index (χ0v) is 18.9. The van der Waals surface area contributed by atoms with E-state index in [-0.39, 0.29) is 28.9 Å². The third-order valence-electron chi connectivity index (χ3n) is 6.77. The molecule has 1 aliphatic heterocycles. The highest BCUT2D eigenvalue weighted by Crippen LogP contribution is 2.57. The van der Waals surface area contributed by atoms with Crippen molar-refractivity contribution in [3.8, 4) is 5.75 Å². The van der Waals surface area contributed by atoms with Gasteiger partial charge in [0.25, 0.3) is 0 Å². The van der Waals surface area contributed by atoms with E-state index in [2.05, 4.69) is 18.9 Å². The highest BCUT2D eigenvalue weighted by atomic mass is 35.5. The van der Waals surface area contributed by atoms with Crippen molar-refractivity contribution in [1.82, 2.24) is 4.90 Å². The van der Waals surface area contributed by atoms with E-state index in [1.165, 1.54) is 0 Å². The monoisotopic (exact) mass is 451 g/mol. The first-order chi connectivity index (χ1) is 14.3. The number of fused-ring (bicyclic) bond motifs is 3. The van der Waals surface area contributed by atoms with Crippen LogP contribution < -0.4 is 4.74 Å². The Kier molecular flexibility index (Phi) is 6.16. The first-order valence-corrected chi connectivity index (χ1v) is 11.4. The number of carbonyl (C=O) groups is 2. The molecule has 30 heavy (non-hydrogen) atoms. The highest BCUT2D eigenvalue weighted by Gasteiger charge is 2.44. The summed E-state index contributed by atoms with van der Waals surface area (Å²) >= 11 is 13.1. The number of hydrogen-bond acceptors (Lipinski definition) is 5. The van der Waals surface area contributed by atoms with Crippen LogP contribution in [-0.2, 0) is 20.7 Å². The molecule has 1 aromatic rings. The van der Waals surface area contributed by atoms with Crippen LogP contribution in [0.25, 0.3) is 5.57 Å². The smallest absolute Gasteiger partial charge is 0.344 e. The number of carbonyl (C=O) groups excluding carboxylic acids is 2. The predicted molar refractivity (Wildman–Crippen MR) is 117 cm³/mol. The van der Waals surface area contributed by atoms with Crippen LogP contribution >= 0.6 is 23.2 Å². The Balaban J connectivity index is 1.49. The quantitative estimate of drug-likeness (QED) is 0.606. The molecule has 1 heterocycles. The number of ketones is 1. The van der Waals surface area contributed by atoms with E-state index in [0.717, 1.165) is 61.9 Å². The normalized spacial score (nSPS) is 24.3. The first kappa shape index (κ1) is 21.7. The van der Waals surface area contributed by atoms with Crippen molar-refractivity contribution in [2.45, 2.75) is 51.6 Å². The van der Waals surface area contributed by atoms with Gasteiger partial charge in [0.15, 0.2) is 12.4 Å². The molecular weight excluding hydrogens is 425 g/mol. The van der Waals surface area contributed by atoms with Crippen LogP contribution in [0.15, 0.2) is 12.1 Å². The summed E-state index contributed by atoms with van der Waals surface area (Å²) in [4.78, 5) is 26.5. The Morgan fingerprint density at radius 1 is 1.27 bits per heavy atom. The second-order valence-electron chi connectivity index (χ2n) is 8.65. The SMILES string of the molecule is CCC12CCC(=O)C=C1c1c(cc(OCC(=O)OC3CCN(C)CC3)c(Cl)c1Cl)C2. The van der Waals surface area contributed by atoms with Gasteiger partial charge in [0, 0.05) is 30.5 Å². The molecule has 0 radical (unpaired) electrons. The van der Waals surface area contributed by atoms with Gasteiger partial charge in [-0.1, -0.05) is 30.1 Å². The molecule has 1 atom stereocenters. The molecule has 7 heteroatoms. The third-order valence-corrected chi connectivity index (χ3v) is 7.62. The summed E-state index contributed by atoms with van der Waals surface area (Å²) in [7, 11) is 2.06. The molecule has 4 rings (SSSR count). The lowest BCUT2D eigenvalue weighted by Gasteiger charge is -2.32. The van der Waals surface area contributed by atoms with Crippen molar-refractivity contribution in [2.24, 2.45) is 5.41 Å². The molecule has 2 aliphatic carbocycles. The number of halogens is 2. The largest absolute Gasteiger partial charge is 0.480 e. The summed E-state index contributed by atoms with van der Waals surface area (Å²) in [5.74, 6) is 0.118. The summed E-state index contributed by atoms with van der Waals surface area (Å²) < 4.78 is 11.3. The predicted octanol–water partition coefficient (Wildman–Crippen LogP) is 4.71. The summed E-state index contributed by atoms with van der Waals surface area (Å²) in [5.41, 5.74) is 2.80. The lowest BCUT2D eigenvalue weighted by atomic mass is 9.71. The Morgan fingerprint density at radius 2 is 2.00 bits per heavy atom. The zero-order chi connectivity index (χ0) is 21.5. The number of ether oxygens (including phenoxy) is 2. The van der Waals surface area contributed by atoms with Gasteiger partial charge in [0.1, 0.15) is 16.9 Å². The van der Waals surface area contributed by atoms with E-state index in [1.807, 2.05) is 6.07 Å². The summed E-state index contributed by atoms with van der Waals surface area (Å²) in [6, 6.07) is 1.87. The van der Waals surface area contributed by atoms with Crippen LogP contribution in [0, 0.1) is 5.41 Å². The molecule has 1 aromatic carbocycles. The molecule has 0 aromatic heterocycles. The van der Waals surface area contributed by atoms with Crippen molar-refractivity contribution >= 4 is 40.5 Å². The molecule has 1 saturated heterocycles. The van der Waals surface area contributed by atoms with E-state index in [4.69, 9.17) is 32.7 Å². The third kappa shape index (κ3) is 4.00. The fourth-order valence-electron chi connectivity index (χ4n) is 4.91. The number of allylic oxidation sites excluding steroid dienone is 2. The van der Waals surface area contributed by atoms with Crippen LogP contribution in [0.1, 0.15) is 50.2 Å². The van der Waals surface area contributed by atoms with Crippen molar-refractivity contribution in [2.75, 3.05) is 26.7 Å². The Bertz CT molecular complexity index is 905. The van der Waals surface area contributed by atoms with Crippen molar-refractivity contribution in [1.29, 1.82) is 0 Å². The van der Waals surface area contributed by atoms with E-state index in [0.29, 0.717) is 17.2 Å². The van der Waals surface area contributed by atoms with E-state index in [9.17, 15) is 9.59 Å². The van der Waals surface area contributed by atoms with Crippen molar-refractivity contribution < 1.29 is 19.1 Å². The van der Waals surface area contributed by atoms with Crippen LogP contribution in [0.3, 0.4) is 0 Å². The molecule has 0 bridgehead atoms. The lowest BCUT2D eigenvalue weighted by molar-refractivity contribution is -0.153. The molecule has 5 nitrogen and oxygen atoms in total. The maximum absolute atomic E-state index is 12.3. The standard InChI is InChI=1S/C23H27Cl2NO4/c1-3-23-7-4-15(27)11-17(23)20-14(12-23)10-18(21(24)22(20)25)29-13-19(28)30-16-5-8-26(2)9-6-16/h10-11,16H,3-9,12-13H2,1-2H3. The molecular formula is C23H27Cl2NO4. The minimum Gasteiger partial charge on any atom is -0.480 e. The zero-order valence-electron chi connectivity index (χ0n) is 17.4. The van der Waals surface area contributed by atoms with Crippen LogP contribution in [0.4, 0.5) is 0 Å². The molecule has 3 aliphatic rings. The minimum atomic E-state index is -0.399. The maximum atomic E-state index is 12.3. The minimum absolute atomic E-state index is 0.0617. The lowest BCUT2D eigenvalue weighted by Crippen LogP contribution is -2.36. The van der Waals surface area contributed by atoms with Crippen molar-refractivity contribution in [3.63, 3.8) is 0 Å². The topological polar surface area (TPSA) is 55.8 Å². The summed E-state index contributed by atoms with van der Waals surface area (Å²) in [6.45, 7) is 3.77. The number of piperidine rings is 1. The summed E-state index contributed by atoms with van der Waals surface area (Å²) in [6.07, 6.45) is 6.44. The van der Waals surface area contributed by atoms with Gasteiger partial charge in [-0.25, -0.2) is 4.79 Å². The molecule has 0 saturated carbocycles. The van der Waals surface area contributed by atoms with Gasteiger partial charge in [0.05, 0.1) is 5.02 Å². The van der Waals surface area contributed by atoms with E-state index < -0.39 is 5.97 Å². The molecule has 0 spiro atoms. The summed E-state index contributed by atoms with van der Waals surface area (Å²) in [5, 5.41) is 0.664. The Labute approximate surface area is 187 Å². The second-order valence-corrected chi connectivity index (χ2v) is 9.41. The van der Waals surface area contributed by atoms with Crippen molar-refractivity contribution in [3.05, 3.63) is 33.3 Å². The van der Waals surface area contributed by atoms with Gasteiger partial charge in [-0.2, -0.15) is 0 Å². The Morgan fingerprint density at radius 3 is 2.70 bits per heavy atom. The fourth-order valence-corrected chi connectivity index (χ4v) is 5.43. The van der Waals surface area contributed by atoms with Gasteiger partial charge in [-0.05, 0) is 62.4 Å². The Hall–Kier alpha value is -1.56. The first-order valence-electron chi connectivity index (χ1n) is 10.6. The molecule has 1 fully saturated rings. The van der Waals surface area contributed by atoms with Gasteiger partial charge in [0.2, 0.25) is 0 Å². The van der Waals surface area contributed by atoms with E-state index in [1.54, 1.807) is 6.08 Å². The molecule has 0 amide bonds. The molecule has 0 N–H and O–H groups in total. The number of nitrogens with zero attached hydrogens (tertiary/aromatic N) is 1. The molecule has 1 unspecified atom stereocenters. The van der Waals surface area contributed by atoms with Crippen LogP contribution in [0.2, 0.25) is 10.0 Å². The van der Waals surface area contributed by atoms with Crippen LogP contribution in [0.5, 0.6) is 5.75 Å². The van der Waals surface area contributed by atoms with Gasteiger partial charge >= 0.3 is 5.97 Å². The van der Waals surface area contributed by atoms with Gasteiger partial charge in [-0.3, -0.25) is 4.79 Å². The van der Waals surface area contributed by atoms with Gasteiger partial charge < -0.3 is 14.4 Å². The number of benzene rings is 1. The number of esters is 1. The van der Waals surface area contributed by atoms with E-state index >= 15 is 0 Å². The highest BCUT2D eigenvalue weighted by molar-refractivity contribution is 6.44. The second kappa shape index (κ2) is 8.52.